The van der Waals surface area contributed by atoms with Crippen molar-refractivity contribution in [3.63, 3.8) is 0 Å². The molecule has 0 spiro atoms. The molecule has 0 radical (unpaired) electrons. The molecule has 0 saturated carbocycles. The molecule has 1 aromatic heterocycles. The standard InChI is InChI=1S/C26H28N4O3/c1-2-33-22-12-10-21(11-13-22)29-24-23(9-6-14-27-24)25(31)28-18-19-7-5-8-20(17-19)26(32)30-15-3-4-16-30/h5-14,17H,2-4,15-16,18H2,1H3,(H,27,29)(H,28,31). The Morgan fingerprint density at radius 1 is 1.03 bits per heavy atom. The molecule has 2 amide bonds. The van der Waals surface area contributed by atoms with Crippen LogP contribution < -0.4 is 15.4 Å². The molecule has 0 aliphatic carbocycles. The molecule has 0 bridgehead atoms. The normalized spacial score (nSPS) is 12.9. The number of nitrogens with zero attached hydrogens (tertiary/aromatic N) is 2. The van der Waals surface area contributed by atoms with E-state index in [1.54, 1.807) is 18.3 Å². The second-order valence-electron chi connectivity index (χ2n) is 7.86. The van der Waals surface area contributed by atoms with Crippen molar-refractivity contribution in [2.45, 2.75) is 26.3 Å². The topological polar surface area (TPSA) is 83.6 Å². The van der Waals surface area contributed by atoms with E-state index in [4.69, 9.17) is 4.74 Å². The molecule has 0 atom stereocenters. The molecule has 1 aliphatic rings. The van der Waals surface area contributed by atoms with Crippen molar-refractivity contribution in [2.24, 2.45) is 0 Å². The fourth-order valence-corrected chi connectivity index (χ4v) is 3.82. The van der Waals surface area contributed by atoms with Gasteiger partial charge in [0.25, 0.3) is 11.8 Å². The molecule has 2 aromatic carbocycles. The molecule has 2 heterocycles. The maximum atomic E-state index is 12.9. The van der Waals surface area contributed by atoms with Gasteiger partial charge in [-0.1, -0.05) is 12.1 Å². The van der Waals surface area contributed by atoms with Gasteiger partial charge < -0.3 is 20.3 Å². The van der Waals surface area contributed by atoms with Gasteiger partial charge in [-0.05, 0) is 73.9 Å². The summed E-state index contributed by atoms with van der Waals surface area (Å²) in [6, 6.07) is 18.4. The monoisotopic (exact) mass is 444 g/mol. The zero-order valence-corrected chi connectivity index (χ0v) is 18.7. The first-order valence-electron chi connectivity index (χ1n) is 11.3. The van der Waals surface area contributed by atoms with E-state index in [1.165, 1.54) is 0 Å². The van der Waals surface area contributed by atoms with E-state index in [1.807, 2.05) is 60.4 Å². The number of pyridine rings is 1. The average molecular weight is 445 g/mol. The van der Waals surface area contributed by atoms with Crippen LogP contribution in [0.15, 0.2) is 66.9 Å². The first-order chi connectivity index (χ1) is 16.1. The number of likely N-dealkylation sites (tertiary alicyclic amines) is 1. The van der Waals surface area contributed by atoms with Gasteiger partial charge in [-0.25, -0.2) is 4.98 Å². The van der Waals surface area contributed by atoms with Gasteiger partial charge in [0.2, 0.25) is 0 Å². The maximum absolute atomic E-state index is 12.9. The molecule has 7 nitrogen and oxygen atoms in total. The Morgan fingerprint density at radius 2 is 1.82 bits per heavy atom. The molecule has 2 N–H and O–H groups in total. The van der Waals surface area contributed by atoms with Crippen LogP contribution in [0.1, 0.15) is 46.0 Å². The summed E-state index contributed by atoms with van der Waals surface area (Å²) >= 11 is 0. The van der Waals surface area contributed by atoms with Gasteiger partial charge in [0, 0.05) is 37.1 Å². The largest absolute Gasteiger partial charge is 0.494 e. The zero-order valence-electron chi connectivity index (χ0n) is 18.7. The number of hydrogen-bond donors (Lipinski definition) is 2. The Kier molecular flexibility index (Phi) is 7.19. The molecular weight excluding hydrogens is 416 g/mol. The van der Waals surface area contributed by atoms with Gasteiger partial charge in [-0.3, -0.25) is 9.59 Å². The number of anilines is 2. The van der Waals surface area contributed by atoms with Gasteiger partial charge in [-0.2, -0.15) is 0 Å². The van der Waals surface area contributed by atoms with Crippen LogP contribution in [0.4, 0.5) is 11.5 Å². The number of nitrogens with one attached hydrogen (secondary N) is 2. The summed E-state index contributed by atoms with van der Waals surface area (Å²) in [4.78, 5) is 31.8. The van der Waals surface area contributed by atoms with Gasteiger partial charge in [0.1, 0.15) is 11.6 Å². The van der Waals surface area contributed by atoms with Crippen molar-refractivity contribution in [3.8, 4) is 5.75 Å². The van der Waals surface area contributed by atoms with Crippen LogP contribution in [0.2, 0.25) is 0 Å². The fourth-order valence-electron chi connectivity index (χ4n) is 3.82. The van der Waals surface area contributed by atoms with E-state index in [0.29, 0.717) is 30.1 Å². The fraction of sp³-hybridized carbons (Fsp3) is 0.269. The summed E-state index contributed by atoms with van der Waals surface area (Å²) in [5.41, 5.74) is 2.77. The first-order valence-corrected chi connectivity index (χ1v) is 11.3. The minimum absolute atomic E-state index is 0.0507. The number of carbonyl (C=O) groups excluding carboxylic acids is 2. The van der Waals surface area contributed by atoms with E-state index in [9.17, 15) is 9.59 Å². The smallest absolute Gasteiger partial charge is 0.255 e. The lowest BCUT2D eigenvalue weighted by atomic mass is 10.1. The minimum Gasteiger partial charge on any atom is -0.494 e. The highest BCUT2D eigenvalue weighted by Gasteiger charge is 2.19. The number of hydrogen-bond acceptors (Lipinski definition) is 5. The van der Waals surface area contributed by atoms with E-state index < -0.39 is 0 Å². The zero-order chi connectivity index (χ0) is 23.0. The van der Waals surface area contributed by atoms with Crippen molar-refractivity contribution in [2.75, 3.05) is 25.0 Å². The summed E-state index contributed by atoms with van der Waals surface area (Å²) in [5.74, 6) is 1.06. The highest BCUT2D eigenvalue weighted by atomic mass is 16.5. The van der Waals surface area contributed by atoms with E-state index in [0.717, 1.165) is 42.9 Å². The number of aromatic nitrogens is 1. The van der Waals surface area contributed by atoms with Crippen LogP contribution in [-0.4, -0.2) is 41.4 Å². The number of carbonyl (C=O) groups is 2. The molecule has 1 fully saturated rings. The molecule has 1 saturated heterocycles. The molecule has 3 aromatic rings. The summed E-state index contributed by atoms with van der Waals surface area (Å²) in [5, 5.41) is 6.14. The van der Waals surface area contributed by atoms with E-state index in [-0.39, 0.29) is 11.8 Å². The van der Waals surface area contributed by atoms with Crippen molar-refractivity contribution < 1.29 is 14.3 Å². The Balaban J connectivity index is 1.41. The quantitative estimate of drug-likeness (QED) is 0.538. The van der Waals surface area contributed by atoms with Gasteiger partial charge >= 0.3 is 0 Å². The molecule has 170 valence electrons. The SMILES string of the molecule is CCOc1ccc(Nc2ncccc2C(=O)NCc2cccc(C(=O)N3CCCC3)c2)cc1. The molecule has 1 aliphatic heterocycles. The third-order valence-electron chi connectivity index (χ3n) is 5.50. The van der Waals surface area contributed by atoms with Crippen molar-refractivity contribution in [1.82, 2.24) is 15.2 Å². The Morgan fingerprint density at radius 3 is 2.58 bits per heavy atom. The molecular formula is C26H28N4O3. The molecule has 7 heteroatoms. The van der Waals surface area contributed by atoms with Crippen molar-refractivity contribution in [3.05, 3.63) is 83.6 Å². The Hall–Kier alpha value is -3.87. The van der Waals surface area contributed by atoms with Crippen LogP contribution in [0.3, 0.4) is 0 Å². The Bertz CT molecular complexity index is 1110. The van der Waals surface area contributed by atoms with Crippen LogP contribution in [0.5, 0.6) is 5.75 Å². The third kappa shape index (κ3) is 5.68. The number of ether oxygens (including phenoxy) is 1. The molecule has 4 rings (SSSR count). The summed E-state index contributed by atoms with van der Waals surface area (Å²) in [6.07, 6.45) is 3.75. The second kappa shape index (κ2) is 10.6. The third-order valence-corrected chi connectivity index (χ3v) is 5.50. The van der Waals surface area contributed by atoms with Crippen molar-refractivity contribution >= 4 is 23.3 Å². The number of rotatable bonds is 8. The predicted molar refractivity (Wildman–Crippen MR) is 128 cm³/mol. The summed E-state index contributed by atoms with van der Waals surface area (Å²) in [6.45, 7) is 4.48. The predicted octanol–water partition coefficient (Wildman–Crippen LogP) is 4.39. The highest BCUT2D eigenvalue weighted by molar-refractivity contribution is 5.99. The van der Waals surface area contributed by atoms with E-state index in [2.05, 4.69) is 15.6 Å². The molecule has 33 heavy (non-hydrogen) atoms. The van der Waals surface area contributed by atoms with Crippen LogP contribution in [0, 0.1) is 0 Å². The van der Waals surface area contributed by atoms with Crippen LogP contribution in [-0.2, 0) is 6.54 Å². The number of amides is 2. The van der Waals surface area contributed by atoms with Crippen LogP contribution in [0.25, 0.3) is 0 Å². The lowest BCUT2D eigenvalue weighted by Crippen LogP contribution is -2.28. The average Bonchev–Trinajstić information content (AvgIpc) is 3.39. The Labute approximate surface area is 193 Å². The summed E-state index contributed by atoms with van der Waals surface area (Å²) < 4.78 is 5.47. The number of benzene rings is 2. The highest BCUT2D eigenvalue weighted by Crippen LogP contribution is 2.21. The minimum atomic E-state index is -0.243. The van der Waals surface area contributed by atoms with E-state index >= 15 is 0 Å². The van der Waals surface area contributed by atoms with Crippen LogP contribution >= 0.6 is 0 Å². The second-order valence-corrected chi connectivity index (χ2v) is 7.86. The molecule has 0 unspecified atom stereocenters. The van der Waals surface area contributed by atoms with Gasteiger partial charge in [0.05, 0.1) is 12.2 Å². The van der Waals surface area contributed by atoms with Gasteiger partial charge in [0.15, 0.2) is 0 Å². The maximum Gasteiger partial charge on any atom is 0.255 e. The lowest BCUT2D eigenvalue weighted by Gasteiger charge is -2.16. The summed E-state index contributed by atoms with van der Waals surface area (Å²) in [7, 11) is 0. The first kappa shape index (κ1) is 22.3. The van der Waals surface area contributed by atoms with Crippen molar-refractivity contribution in [1.29, 1.82) is 0 Å². The lowest BCUT2D eigenvalue weighted by molar-refractivity contribution is 0.0792. The van der Waals surface area contributed by atoms with Gasteiger partial charge in [-0.15, -0.1) is 0 Å².